The average Bonchev–Trinajstić information content (AvgIpc) is 3.34. The quantitative estimate of drug-likeness (QED) is 0.0625. The highest BCUT2D eigenvalue weighted by Crippen LogP contribution is 2.40. The Bertz CT molecular complexity index is 1690. The van der Waals surface area contributed by atoms with Gasteiger partial charge in [-0.25, -0.2) is 14.6 Å². The molecule has 1 aromatic rings. The summed E-state index contributed by atoms with van der Waals surface area (Å²) in [5, 5.41) is 28.1. The van der Waals surface area contributed by atoms with E-state index in [1.807, 2.05) is 10.8 Å². The third-order valence-corrected chi connectivity index (χ3v) is 9.16. The van der Waals surface area contributed by atoms with Crippen LogP contribution in [0, 0.1) is 0 Å². The molecule has 19 heteroatoms. The summed E-state index contributed by atoms with van der Waals surface area (Å²) in [6.45, 7) is 3.72. The minimum absolute atomic E-state index is 0.00920. The highest BCUT2D eigenvalue weighted by Gasteiger charge is 2.54. The number of thiazole rings is 1. The van der Waals surface area contributed by atoms with Gasteiger partial charge in [0, 0.05) is 24.9 Å². The van der Waals surface area contributed by atoms with Crippen molar-refractivity contribution in [2.45, 2.75) is 30.9 Å². The van der Waals surface area contributed by atoms with Crippen molar-refractivity contribution in [2.24, 2.45) is 16.6 Å². The van der Waals surface area contributed by atoms with Crippen molar-refractivity contribution >= 4 is 75.5 Å². The second-order valence-corrected chi connectivity index (χ2v) is 13.3. The first-order chi connectivity index (χ1) is 22.2. The topological polar surface area (TPSA) is 252 Å². The fourth-order valence-corrected chi connectivity index (χ4v) is 6.56. The normalized spacial score (nSPS) is 22.2. The lowest BCUT2D eigenvalue weighted by Gasteiger charge is -2.49. The molecule has 2 atom stereocenters. The summed E-state index contributed by atoms with van der Waals surface area (Å²) in [7, 11) is 0. The predicted octanol–water partition coefficient (Wildman–Crippen LogP) is 0.143. The molecule has 0 aliphatic carbocycles. The van der Waals surface area contributed by atoms with Gasteiger partial charge in [-0.05, 0) is 31.6 Å². The van der Waals surface area contributed by atoms with Crippen LogP contribution in [-0.2, 0) is 24.0 Å². The van der Waals surface area contributed by atoms with E-state index in [9.17, 15) is 29.4 Å². The number of β-lactam (4-membered cyclic amide) rings is 1. The highest BCUT2D eigenvalue weighted by atomic mass is 35.5. The summed E-state index contributed by atoms with van der Waals surface area (Å²) >= 11 is 8.29. The molecule has 250 valence electrons. The number of carbonyl (C=O) groups is 4. The van der Waals surface area contributed by atoms with E-state index in [0.29, 0.717) is 36.6 Å². The monoisotopic (exact) mass is 706 g/mol. The number of fused-ring (bicyclic) bond motifs is 1. The fourth-order valence-electron chi connectivity index (χ4n) is 4.31. The van der Waals surface area contributed by atoms with Crippen LogP contribution in [0.25, 0.3) is 0 Å². The van der Waals surface area contributed by atoms with Gasteiger partial charge in [-0.15, -0.1) is 11.8 Å². The Morgan fingerprint density at radius 2 is 2.04 bits per heavy atom. The molecule has 0 aromatic carbocycles. The largest absolute Gasteiger partial charge is 0.478 e. The molecule has 3 aliphatic heterocycles. The van der Waals surface area contributed by atoms with Crippen LogP contribution in [0.4, 0.5) is 5.13 Å². The standard InChI is InChI=1S/C28H32ClN9O7S2/c1-28(2,26(43)44)45-36-18(17-21(29)47-27(32)35-17)22(39)34-19-23(40)38-20(25(41)42)14(13-46-24(19)38)6-5-11-37-10-4-3-7-15(31)16(12-37)33-9-8-30/h3-7,10,12,19,24,31,33H,8-9,11,13,30H2,1-2H3,(H5,32,34,35,39,41,42,43,44)/p+1/b6-5+,7-3+,10-4?,16-12?,36-18-/t19-,24?/m1/s1. The van der Waals surface area contributed by atoms with Gasteiger partial charge in [0.15, 0.2) is 29.8 Å². The van der Waals surface area contributed by atoms with Crippen molar-refractivity contribution in [1.82, 2.24) is 20.5 Å². The number of hydrogen-bond donors (Lipinski definition) is 7. The van der Waals surface area contributed by atoms with E-state index < -0.39 is 46.5 Å². The molecule has 4 rings (SSSR count). The Morgan fingerprint density at radius 1 is 1.30 bits per heavy atom. The van der Waals surface area contributed by atoms with Gasteiger partial charge in [0.25, 0.3) is 11.8 Å². The first kappa shape index (κ1) is 35.2. The third kappa shape index (κ3) is 8.02. The summed E-state index contributed by atoms with van der Waals surface area (Å²) in [4.78, 5) is 60.7. The number of nitrogens with zero attached hydrogens (tertiary/aromatic N) is 4. The Hall–Kier alpha value is -4.65. The number of rotatable bonds is 13. The van der Waals surface area contributed by atoms with Crippen molar-refractivity contribution < 1.29 is 38.8 Å². The second kappa shape index (κ2) is 14.8. The smallest absolute Gasteiger partial charge is 0.352 e. The van der Waals surface area contributed by atoms with Gasteiger partial charge in [0.2, 0.25) is 5.60 Å². The first-order valence-corrected chi connectivity index (χ1v) is 16.2. The molecule has 47 heavy (non-hydrogen) atoms. The maximum atomic E-state index is 13.4. The minimum Gasteiger partial charge on any atom is -0.478 e. The molecule has 0 bridgehead atoms. The number of carbonyl (C=O) groups excluding carboxylic acids is 2. The molecule has 0 radical (unpaired) electrons. The molecule has 0 spiro atoms. The zero-order chi connectivity index (χ0) is 34.5. The van der Waals surface area contributed by atoms with E-state index in [4.69, 9.17) is 33.6 Å². The summed E-state index contributed by atoms with van der Waals surface area (Å²) in [6.07, 6.45) is 12.4. The predicted molar refractivity (Wildman–Crippen MR) is 177 cm³/mol. The molecule has 4 heterocycles. The molecular weight excluding hydrogens is 674 g/mol. The minimum atomic E-state index is -1.82. The number of halogens is 1. The van der Waals surface area contributed by atoms with Crippen LogP contribution in [0.5, 0.6) is 0 Å². The van der Waals surface area contributed by atoms with E-state index >= 15 is 0 Å². The Labute approximate surface area is 282 Å². The van der Waals surface area contributed by atoms with Crippen molar-refractivity contribution in [3.05, 3.63) is 69.3 Å². The van der Waals surface area contributed by atoms with E-state index in [0.717, 1.165) is 16.2 Å². The molecule has 16 nitrogen and oxygen atoms in total. The van der Waals surface area contributed by atoms with Gasteiger partial charge >= 0.3 is 11.9 Å². The number of nitrogens with one attached hydrogen (secondary N) is 2. The third-order valence-electron chi connectivity index (χ3n) is 6.77. The van der Waals surface area contributed by atoms with Crippen LogP contribution in [0.3, 0.4) is 0 Å². The number of allylic oxidation sites excluding steroid dienone is 5. The van der Waals surface area contributed by atoms with Gasteiger partial charge in [-0.3, -0.25) is 14.5 Å². The van der Waals surface area contributed by atoms with Gasteiger partial charge < -0.3 is 42.9 Å². The van der Waals surface area contributed by atoms with Gasteiger partial charge in [0.1, 0.15) is 32.8 Å². The number of aromatic nitrogens is 1. The summed E-state index contributed by atoms with van der Waals surface area (Å²) in [5.41, 5.74) is 16.3. The number of aliphatic carboxylic acids is 2. The van der Waals surface area contributed by atoms with Gasteiger partial charge in [-0.2, -0.15) is 4.58 Å². The first-order valence-electron chi connectivity index (χ1n) is 13.9. The number of nitrogens with two attached hydrogens (primary N) is 3. The summed E-state index contributed by atoms with van der Waals surface area (Å²) in [5.74, 6) is -4.06. The molecule has 3 aliphatic rings. The zero-order valence-electron chi connectivity index (χ0n) is 25.2. The second-order valence-electron chi connectivity index (χ2n) is 10.6. The van der Waals surface area contributed by atoms with Crippen LogP contribution >= 0.6 is 34.7 Å². The lowest BCUT2D eigenvalue weighted by atomic mass is 10.0. The maximum Gasteiger partial charge on any atom is 0.352 e. The molecule has 2 amide bonds. The summed E-state index contributed by atoms with van der Waals surface area (Å²) in [6, 6.07) is -1.13. The number of hydrogen-bond acceptors (Lipinski definition) is 13. The molecule has 0 saturated carbocycles. The Morgan fingerprint density at radius 3 is 2.68 bits per heavy atom. The van der Waals surface area contributed by atoms with Gasteiger partial charge in [-0.1, -0.05) is 40.2 Å². The van der Waals surface area contributed by atoms with E-state index in [2.05, 4.69) is 20.8 Å². The summed E-state index contributed by atoms with van der Waals surface area (Å²) < 4.78 is 1.83. The zero-order valence-corrected chi connectivity index (χ0v) is 27.6. The van der Waals surface area contributed by atoms with Crippen LogP contribution in [-0.4, -0.2) is 103 Å². The Balaban J connectivity index is 1.53. The van der Waals surface area contributed by atoms with E-state index in [-0.39, 0.29) is 26.6 Å². The highest BCUT2D eigenvalue weighted by molar-refractivity contribution is 8.00. The van der Waals surface area contributed by atoms with E-state index in [1.54, 1.807) is 36.6 Å². The number of oxime groups is 1. The SMILES string of the molecule is CC(C)(O/N=C(\C(=O)N[C@@H]1C(=O)N2C(C(=O)O)=C(/C=C/C[N+]3=C/C(NCCN)=C(N)\C=C\C=C3)CSC12)c1nc(N)sc1Cl)C(=O)O. The number of thioether (sulfide) groups is 1. The molecule has 1 saturated heterocycles. The van der Waals surface area contributed by atoms with Crippen molar-refractivity contribution in [3.8, 4) is 0 Å². The van der Waals surface area contributed by atoms with Crippen LogP contribution < -0.4 is 27.8 Å². The molecular formula is C28H33ClN9O7S2+. The van der Waals surface area contributed by atoms with Crippen LogP contribution in [0.1, 0.15) is 19.5 Å². The van der Waals surface area contributed by atoms with E-state index in [1.165, 1.54) is 25.6 Å². The number of anilines is 1. The number of carboxylic acid groups (broad SMARTS) is 2. The molecule has 1 aromatic heterocycles. The van der Waals surface area contributed by atoms with Gasteiger partial charge in [0.05, 0.1) is 5.70 Å². The maximum absolute atomic E-state index is 13.4. The lowest BCUT2D eigenvalue weighted by Crippen LogP contribution is -2.71. The van der Waals surface area contributed by atoms with Crippen LogP contribution in [0.15, 0.2) is 64.4 Å². The molecule has 10 N–H and O–H groups in total. The van der Waals surface area contributed by atoms with Crippen molar-refractivity contribution in [3.63, 3.8) is 0 Å². The number of carboxylic acids is 2. The Kier molecular flexibility index (Phi) is 11.1. The molecule has 1 unspecified atom stereocenters. The number of amides is 2. The lowest BCUT2D eigenvalue weighted by molar-refractivity contribution is -0.439. The van der Waals surface area contributed by atoms with Crippen LogP contribution in [0.2, 0.25) is 4.34 Å². The van der Waals surface area contributed by atoms with Crippen molar-refractivity contribution in [1.29, 1.82) is 0 Å². The number of nitrogen functional groups attached to an aromatic ring is 1. The molecule has 1 fully saturated rings. The van der Waals surface area contributed by atoms with Crippen molar-refractivity contribution in [2.75, 3.05) is 31.1 Å². The average molecular weight is 707 g/mol. The fraction of sp³-hybridized carbons (Fsp3) is 0.321.